The fourth-order valence-electron chi connectivity index (χ4n) is 2.12. The van der Waals surface area contributed by atoms with Crippen molar-refractivity contribution >= 4 is 17.3 Å². The number of nitrogens with zero attached hydrogens (tertiary/aromatic N) is 2. The largest absolute Gasteiger partial charge is 0.481 e. The highest BCUT2D eigenvalue weighted by molar-refractivity contribution is 5.70. The van der Waals surface area contributed by atoms with Crippen LogP contribution in [0.4, 0.5) is 11.4 Å². The number of benzene rings is 1. The number of nitro groups is 1. The second kappa shape index (κ2) is 5.26. The first-order valence-electron chi connectivity index (χ1n) is 6.22. The zero-order valence-corrected chi connectivity index (χ0v) is 10.7. The molecule has 6 heteroatoms. The summed E-state index contributed by atoms with van der Waals surface area (Å²) in [6.07, 6.45) is 1.91. The molecule has 0 saturated heterocycles. The van der Waals surface area contributed by atoms with Gasteiger partial charge in [0.2, 0.25) is 0 Å². The SMILES string of the molecule is Cc1ccc([N+](=O)[O-])c(N(CCC(=O)O)C2CC2)c1. The van der Waals surface area contributed by atoms with Crippen LogP contribution in [0.1, 0.15) is 24.8 Å². The van der Waals surface area contributed by atoms with Gasteiger partial charge >= 0.3 is 5.97 Å². The maximum absolute atomic E-state index is 11.1. The number of carbonyl (C=O) groups is 1. The second-order valence-corrected chi connectivity index (χ2v) is 4.82. The number of hydrogen-bond acceptors (Lipinski definition) is 4. The third kappa shape index (κ3) is 3.21. The summed E-state index contributed by atoms with van der Waals surface area (Å²) in [6.45, 7) is 2.18. The van der Waals surface area contributed by atoms with Gasteiger partial charge in [0, 0.05) is 18.7 Å². The molecule has 0 radical (unpaired) electrons. The first-order chi connectivity index (χ1) is 8.99. The number of aryl methyl sites for hydroxylation is 1. The normalized spacial score (nSPS) is 14.2. The van der Waals surface area contributed by atoms with Gasteiger partial charge < -0.3 is 10.0 Å². The molecule has 2 rings (SSSR count). The number of nitro benzene ring substituents is 1. The summed E-state index contributed by atoms with van der Waals surface area (Å²) >= 11 is 0. The van der Waals surface area contributed by atoms with Crippen LogP contribution >= 0.6 is 0 Å². The molecule has 0 heterocycles. The molecule has 0 atom stereocenters. The standard InChI is InChI=1S/C13H16N2O4/c1-9-2-5-11(15(18)19)12(8-9)14(10-3-4-10)7-6-13(16)17/h2,5,8,10H,3-4,6-7H2,1H3,(H,16,17). The van der Waals surface area contributed by atoms with E-state index < -0.39 is 10.9 Å². The minimum atomic E-state index is -0.888. The quantitative estimate of drug-likeness (QED) is 0.629. The van der Waals surface area contributed by atoms with E-state index in [1.807, 2.05) is 11.8 Å². The Morgan fingerprint density at radius 3 is 2.74 bits per heavy atom. The summed E-state index contributed by atoms with van der Waals surface area (Å²) in [4.78, 5) is 23.2. The van der Waals surface area contributed by atoms with Crippen LogP contribution in [0, 0.1) is 17.0 Å². The van der Waals surface area contributed by atoms with E-state index in [0.29, 0.717) is 12.2 Å². The van der Waals surface area contributed by atoms with E-state index >= 15 is 0 Å². The highest BCUT2D eigenvalue weighted by atomic mass is 16.6. The van der Waals surface area contributed by atoms with Crippen LogP contribution in [-0.2, 0) is 4.79 Å². The summed E-state index contributed by atoms with van der Waals surface area (Å²) in [6, 6.07) is 5.18. The van der Waals surface area contributed by atoms with Crippen molar-refractivity contribution in [2.75, 3.05) is 11.4 Å². The lowest BCUT2D eigenvalue weighted by Crippen LogP contribution is -2.29. The third-order valence-electron chi connectivity index (χ3n) is 3.19. The van der Waals surface area contributed by atoms with Gasteiger partial charge in [0.25, 0.3) is 5.69 Å². The minimum Gasteiger partial charge on any atom is -0.481 e. The van der Waals surface area contributed by atoms with Crippen molar-refractivity contribution in [3.05, 3.63) is 33.9 Å². The summed E-state index contributed by atoms with van der Waals surface area (Å²) in [5.74, 6) is -0.888. The number of anilines is 1. The zero-order valence-electron chi connectivity index (χ0n) is 10.7. The summed E-state index contributed by atoms with van der Waals surface area (Å²) in [7, 11) is 0. The predicted molar refractivity (Wildman–Crippen MR) is 70.5 cm³/mol. The summed E-state index contributed by atoms with van der Waals surface area (Å²) < 4.78 is 0. The van der Waals surface area contributed by atoms with E-state index in [-0.39, 0.29) is 18.2 Å². The van der Waals surface area contributed by atoms with E-state index in [4.69, 9.17) is 5.11 Å². The van der Waals surface area contributed by atoms with Gasteiger partial charge in [-0.05, 0) is 31.4 Å². The van der Waals surface area contributed by atoms with E-state index in [2.05, 4.69) is 0 Å². The fourth-order valence-corrected chi connectivity index (χ4v) is 2.12. The van der Waals surface area contributed by atoms with Crippen LogP contribution in [0.25, 0.3) is 0 Å². The molecular formula is C13H16N2O4. The number of aliphatic carboxylic acids is 1. The van der Waals surface area contributed by atoms with Gasteiger partial charge in [-0.3, -0.25) is 14.9 Å². The number of hydrogen-bond donors (Lipinski definition) is 1. The van der Waals surface area contributed by atoms with Gasteiger partial charge in [0.05, 0.1) is 11.3 Å². The molecule has 0 spiro atoms. The molecule has 0 aliphatic heterocycles. The van der Waals surface area contributed by atoms with Gasteiger partial charge in [-0.25, -0.2) is 0 Å². The average Bonchev–Trinajstić information content (AvgIpc) is 3.13. The van der Waals surface area contributed by atoms with E-state index in [1.54, 1.807) is 12.1 Å². The van der Waals surface area contributed by atoms with Crippen LogP contribution in [0.3, 0.4) is 0 Å². The fraction of sp³-hybridized carbons (Fsp3) is 0.462. The van der Waals surface area contributed by atoms with Gasteiger partial charge in [0.15, 0.2) is 0 Å². The Bertz CT molecular complexity index is 511. The van der Waals surface area contributed by atoms with E-state index in [0.717, 1.165) is 18.4 Å². The molecule has 19 heavy (non-hydrogen) atoms. The molecule has 0 amide bonds. The molecule has 1 aromatic carbocycles. The van der Waals surface area contributed by atoms with Crippen molar-refractivity contribution in [1.29, 1.82) is 0 Å². The molecule has 1 aromatic rings. The molecule has 1 saturated carbocycles. The Morgan fingerprint density at radius 2 is 2.21 bits per heavy atom. The molecule has 1 aliphatic carbocycles. The van der Waals surface area contributed by atoms with Crippen molar-refractivity contribution in [3.63, 3.8) is 0 Å². The zero-order chi connectivity index (χ0) is 14.0. The molecule has 1 aliphatic rings. The van der Waals surface area contributed by atoms with Crippen molar-refractivity contribution in [3.8, 4) is 0 Å². The molecule has 6 nitrogen and oxygen atoms in total. The second-order valence-electron chi connectivity index (χ2n) is 4.82. The van der Waals surface area contributed by atoms with Crippen molar-refractivity contribution in [1.82, 2.24) is 0 Å². The molecule has 102 valence electrons. The number of carboxylic acid groups (broad SMARTS) is 1. The van der Waals surface area contributed by atoms with E-state index in [1.165, 1.54) is 6.07 Å². The first kappa shape index (κ1) is 13.3. The molecule has 0 aromatic heterocycles. The topological polar surface area (TPSA) is 83.7 Å². The number of carboxylic acids is 1. The first-order valence-corrected chi connectivity index (χ1v) is 6.22. The molecule has 1 fully saturated rings. The van der Waals surface area contributed by atoms with Gasteiger partial charge in [-0.2, -0.15) is 0 Å². The lowest BCUT2D eigenvalue weighted by molar-refractivity contribution is -0.384. The average molecular weight is 264 g/mol. The van der Waals surface area contributed by atoms with Gasteiger partial charge in [-0.15, -0.1) is 0 Å². The van der Waals surface area contributed by atoms with Crippen molar-refractivity contribution < 1.29 is 14.8 Å². The van der Waals surface area contributed by atoms with Gasteiger partial charge in [-0.1, -0.05) is 6.07 Å². The van der Waals surface area contributed by atoms with Crippen LogP contribution in [0.15, 0.2) is 18.2 Å². The van der Waals surface area contributed by atoms with Crippen molar-refractivity contribution in [2.24, 2.45) is 0 Å². The molecule has 0 bridgehead atoms. The molecular weight excluding hydrogens is 248 g/mol. The lowest BCUT2D eigenvalue weighted by atomic mass is 10.1. The Kier molecular flexibility index (Phi) is 3.69. The summed E-state index contributed by atoms with van der Waals surface area (Å²) in [5, 5.41) is 19.9. The van der Waals surface area contributed by atoms with Crippen LogP contribution < -0.4 is 4.90 Å². The molecule has 1 N–H and O–H groups in total. The lowest BCUT2D eigenvalue weighted by Gasteiger charge is -2.24. The minimum absolute atomic E-state index is 0.0123. The third-order valence-corrected chi connectivity index (χ3v) is 3.19. The van der Waals surface area contributed by atoms with Crippen LogP contribution in [0.2, 0.25) is 0 Å². The maximum atomic E-state index is 11.1. The van der Waals surface area contributed by atoms with Crippen LogP contribution in [-0.4, -0.2) is 28.6 Å². The monoisotopic (exact) mass is 264 g/mol. The Balaban J connectivity index is 2.32. The Hall–Kier alpha value is -2.11. The van der Waals surface area contributed by atoms with Crippen LogP contribution in [0.5, 0.6) is 0 Å². The maximum Gasteiger partial charge on any atom is 0.305 e. The van der Waals surface area contributed by atoms with E-state index in [9.17, 15) is 14.9 Å². The molecule has 0 unspecified atom stereocenters. The Labute approximate surface area is 110 Å². The predicted octanol–water partition coefficient (Wildman–Crippen LogP) is 2.35. The Morgan fingerprint density at radius 1 is 1.53 bits per heavy atom. The summed E-state index contributed by atoms with van der Waals surface area (Å²) in [5.41, 5.74) is 1.51. The van der Waals surface area contributed by atoms with Gasteiger partial charge in [0.1, 0.15) is 5.69 Å². The highest BCUT2D eigenvalue weighted by Gasteiger charge is 2.33. The van der Waals surface area contributed by atoms with Crippen molar-refractivity contribution in [2.45, 2.75) is 32.2 Å². The number of rotatable bonds is 6. The smallest absolute Gasteiger partial charge is 0.305 e. The highest BCUT2D eigenvalue weighted by Crippen LogP contribution is 2.37.